The first-order chi connectivity index (χ1) is 10.1. The molecule has 1 heterocycles. The lowest BCUT2D eigenvalue weighted by molar-refractivity contribution is -0.120. The summed E-state index contributed by atoms with van der Waals surface area (Å²) in [6.45, 7) is 5.43. The molecule has 0 saturated heterocycles. The average Bonchev–Trinajstić information content (AvgIpc) is 2.77. The smallest absolute Gasteiger partial charge is 0.226 e. The number of rotatable bonds is 7. The normalized spacial score (nSPS) is 16.1. The van der Waals surface area contributed by atoms with Gasteiger partial charge in [-0.25, -0.2) is 4.98 Å². The summed E-state index contributed by atoms with van der Waals surface area (Å²) in [7, 11) is 0. The Balaban J connectivity index is 1.55. The summed E-state index contributed by atoms with van der Waals surface area (Å²) >= 11 is 1.65. The zero-order chi connectivity index (χ0) is 15.1. The van der Waals surface area contributed by atoms with Crippen molar-refractivity contribution in [1.82, 2.24) is 10.3 Å². The van der Waals surface area contributed by atoms with E-state index in [4.69, 9.17) is 4.74 Å². The molecule has 1 saturated carbocycles. The summed E-state index contributed by atoms with van der Waals surface area (Å²) in [5, 5.41) is 3.98. The molecule has 0 radical (unpaired) electrons. The Morgan fingerprint density at radius 3 is 2.76 bits per heavy atom. The number of carbonyl (C=O) groups is 1. The highest BCUT2D eigenvalue weighted by molar-refractivity contribution is 7.11. The summed E-state index contributed by atoms with van der Waals surface area (Å²) in [5.74, 6) is 0.0565. The molecule has 1 aromatic heterocycles. The predicted molar refractivity (Wildman–Crippen MR) is 85.7 cm³/mol. The maximum atomic E-state index is 11.9. The highest BCUT2D eigenvalue weighted by Gasteiger charge is 2.13. The van der Waals surface area contributed by atoms with Crippen molar-refractivity contribution in [1.29, 1.82) is 0 Å². The molecule has 0 bridgehead atoms. The summed E-state index contributed by atoms with van der Waals surface area (Å²) < 4.78 is 5.84. The third kappa shape index (κ3) is 5.75. The number of carbonyl (C=O) groups excluding carboxylic acids is 1. The Hall–Kier alpha value is -0.940. The first kappa shape index (κ1) is 16.4. The van der Waals surface area contributed by atoms with Gasteiger partial charge in [-0.1, -0.05) is 19.3 Å². The van der Waals surface area contributed by atoms with Gasteiger partial charge in [0.1, 0.15) is 0 Å². The van der Waals surface area contributed by atoms with Crippen LogP contribution in [-0.4, -0.2) is 30.1 Å². The van der Waals surface area contributed by atoms with Crippen LogP contribution in [0.1, 0.15) is 54.1 Å². The van der Waals surface area contributed by atoms with Crippen molar-refractivity contribution in [3.63, 3.8) is 0 Å². The number of amides is 1. The molecule has 0 spiro atoms. The number of ether oxygens (including phenoxy) is 1. The van der Waals surface area contributed by atoms with E-state index in [1.165, 1.54) is 32.1 Å². The number of aryl methyl sites for hydroxylation is 2. The minimum absolute atomic E-state index is 0.0565. The minimum Gasteiger partial charge on any atom is -0.378 e. The van der Waals surface area contributed by atoms with Crippen molar-refractivity contribution in [3.8, 4) is 0 Å². The molecule has 0 aromatic carbocycles. The number of aromatic nitrogens is 1. The van der Waals surface area contributed by atoms with Crippen molar-refractivity contribution < 1.29 is 9.53 Å². The Bertz CT molecular complexity index is 453. The molecule has 0 atom stereocenters. The fourth-order valence-electron chi connectivity index (χ4n) is 2.73. The zero-order valence-electron chi connectivity index (χ0n) is 13.1. The second-order valence-corrected chi connectivity index (χ2v) is 7.15. The Morgan fingerprint density at radius 1 is 1.33 bits per heavy atom. The van der Waals surface area contributed by atoms with Gasteiger partial charge in [-0.3, -0.25) is 4.79 Å². The van der Waals surface area contributed by atoms with Gasteiger partial charge in [-0.15, -0.1) is 11.3 Å². The van der Waals surface area contributed by atoms with Crippen LogP contribution in [-0.2, 0) is 16.0 Å². The largest absolute Gasteiger partial charge is 0.378 e. The lowest BCUT2D eigenvalue weighted by Crippen LogP contribution is -2.27. The SMILES string of the molecule is Cc1nc(CC(=O)NCCCOC2CCCCC2)c(C)s1. The molecule has 0 aliphatic heterocycles. The van der Waals surface area contributed by atoms with E-state index < -0.39 is 0 Å². The van der Waals surface area contributed by atoms with Gasteiger partial charge >= 0.3 is 0 Å². The third-order valence-electron chi connectivity index (χ3n) is 3.88. The van der Waals surface area contributed by atoms with Gasteiger partial charge in [0.2, 0.25) is 5.91 Å². The summed E-state index contributed by atoms with van der Waals surface area (Å²) in [6.07, 6.45) is 8.09. The summed E-state index contributed by atoms with van der Waals surface area (Å²) in [4.78, 5) is 17.4. The van der Waals surface area contributed by atoms with Gasteiger partial charge in [0.25, 0.3) is 0 Å². The lowest BCUT2D eigenvalue weighted by Gasteiger charge is -2.21. The fraction of sp³-hybridized carbons (Fsp3) is 0.750. The molecule has 0 unspecified atom stereocenters. The Morgan fingerprint density at radius 2 is 2.10 bits per heavy atom. The topological polar surface area (TPSA) is 51.2 Å². The minimum atomic E-state index is 0.0565. The summed E-state index contributed by atoms with van der Waals surface area (Å²) in [6, 6.07) is 0. The first-order valence-electron chi connectivity index (χ1n) is 7.96. The Labute approximate surface area is 131 Å². The van der Waals surface area contributed by atoms with Crippen LogP contribution in [0, 0.1) is 13.8 Å². The Kier molecular flexibility index (Phi) is 6.64. The molecule has 1 aliphatic carbocycles. The number of hydrogen-bond donors (Lipinski definition) is 1. The zero-order valence-corrected chi connectivity index (χ0v) is 13.9. The molecule has 118 valence electrons. The van der Waals surface area contributed by atoms with E-state index in [1.807, 2.05) is 13.8 Å². The number of hydrogen-bond acceptors (Lipinski definition) is 4. The average molecular weight is 310 g/mol. The number of thiazole rings is 1. The standard InChI is InChI=1S/C16H26N2O2S/c1-12-15(18-13(2)21-12)11-16(19)17-9-6-10-20-14-7-4-3-5-8-14/h14H,3-11H2,1-2H3,(H,17,19). The summed E-state index contributed by atoms with van der Waals surface area (Å²) in [5.41, 5.74) is 0.911. The molecular weight excluding hydrogens is 284 g/mol. The number of nitrogens with zero attached hydrogens (tertiary/aromatic N) is 1. The van der Waals surface area contributed by atoms with Crippen LogP contribution in [0.4, 0.5) is 0 Å². The predicted octanol–water partition coefficient (Wildman–Crippen LogP) is 3.16. The van der Waals surface area contributed by atoms with Crippen LogP contribution >= 0.6 is 11.3 Å². The first-order valence-corrected chi connectivity index (χ1v) is 8.78. The van der Waals surface area contributed by atoms with E-state index in [0.717, 1.165) is 28.6 Å². The van der Waals surface area contributed by atoms with Crippen molar-refractivity contribution in [2.75, 3.05) is 13.2 Å². The molecule has 1 fully saturated rings. The second-order valence-electron chi connectivity index (χ2n) is 5.75. The van der Waals surface area contributed by atoms with Gasteiger partial charge in [-0.2, -0.15) is 0 Å². The molecule has 5 heteroatoms. The molecular formula is C16H26N2O2S. The van der Waals surface area contributed by atoms with Gasteiger partial charge in [-0.05, 0) is 33.1 Å². The maximum absolute atomic E-state index is 11.9. The van der Waals surface area contributed by atoms with Crippen LogP contribution < -0.4 is 5.32 Å². The lowest BCUT2D eigenvalue weighted by atomic mass is 9.98. The van der Waals surface area contributed by atoms with E-state index in [9.17, 15) is 4.79 Å². The van der Waals surface area contributed by atoms with Crippen molar-refractivity contribution in [3.05, 3.63) is 15.6 Å². The van der Waals surface area contributed by atoms with Crippen LogP contribution in [0.5, 0.6) is 0 Å². The van der Waals surface area contributed by atoms with Crippen molar-refractivity contribution in [2.45, 2.75) is 64.9 Å². The van der Waals surface area contributed by atoms with Crippen molar-refractivity contribution in [2.24, 2.45) is 0 Å². The monoisotopic (exact) mass is 310 g/mol. The fourth-order valence-corrected chi connectivity index (χ4v) is 3.57. The van der Waals surface area contributed by atoms with Gasteiger partial charge in [0, 0.05) is 18.0 Å². The van der Waals surface area contributed by atoms with E-state index in [-0.39, 0.29) is 5.91 Å². The highest BCUT2D eigenvalue weighted by Crippen LogP contribution is 2.20. The molecule has 1 aromatic rings. The molecule has 1 amide bonds. The van der Waals surface area contributed by atoms with E-state index >= 15 is 0 Å². The highest BCUT2D eigenvalue weighted by atomic mass is 32.1. The second kappa shape index (κ2) is 8.49. The molecule has 2 rings (SSSR count). The van der Waals surface area contributed by atoms with Gasteiger partial charge in [0.15, 0.2) is 0 Å². The molecule has 1 aliphatic rings. The van der Waals surface area contributed by atoms with E-state index in [1.54, 1.807) is 11.3 Å². The molecule has 1 N–H and O–H groups in total. The maximum Gasteiger partial charge on any atom is 0.226 e. The van der Waals surface area contributed by atoms with E-state index in [2.05, 4.69) is 10.3 Å². The van der Waals surface area contributed by atoms with Crippen molar-refractivity contribution >= 4 is 17.2 Å². The van der Waals surface area contributed by atoms with Crippen LogP contribution in [0.25, 0.3) is 0 Å². The third-order valence-corrected chi connectivity index (χ3v) is 4.81. The quantitative estimate of drug-likeness (QED) is 0.787. The van der Waals surface area contributed by atoms with Crippen LogP contribution in [0.2, 0.25) is 0 Å². The van der Waals surface area contributed by atoms with Gasteiger partial charge < -0.3 is 10.1 Å². The number of nitrogens with one attached hydrogen (secondary N) is 1. The van der Waals surface area contributed by atoms with E-state index in [0.29, 0.717) is 19.1 Å². The molecule has 4 nitrogen and oxygen atoms in total. The van der Waals surface area contributed by atoms with Gasteiger partial charge in [0.05, 0.1) is 23.2 Å². The van der Waals surface area contributed by atoms with Crippen LogP contribution in [0.3, 0.4) is 0 Å². The van der Waals surface area contributed by atoms with Crippen LogP contribution in [0.15, 0.2) is 0 Å². The molecule has 21 heavy (non-hydrogen) atoms.